The average molecular weight is 447 g/mol. The predicted octanol–water partition coefficient (Wildman–Crippen LogP) is 4.86. The van der Waals surface area contributed by atoms with Crippen LogP contribution in [0.1, 0.15) is 12.5 Å². The van der Waals surface area contributed by atoms with Crippen molar-refractivity contribution < 1.29 is 14.6 Å². The van der Waals surface area contributed by atoms with Crippen molar-refractivity contribution in [1.82, 2.24) is 10.0 Å². The third kappa shape index (κ3) is 4.45. The summed E-state index contributed by atoms with van der Waals surface area (Å²) in [7, 11) is 3.55. The summed E-state index contributed by atoms with van der Waals surface area (Å²) in [6.45, 7) is 2.28. The first-order chi connectivity index (χ1) is 13.9. The van der Waals surface area contributed by atoms with E-state index >= 15 is 0 Å². The summed E-state index contributed by atoms with van der Waals surface area (Å²) in [5.41, 5.74) is 2.33. The first-order valence-electron chi connectivity index (χ1n) is 8.95. The van der Waals surface area contributed by atoms with Gasteiger partial charge in [0, 0.05) is 24.6 Å². The summed E-state index contributed by atoms with van der Waals surface area (Å²) in [5.74, 6) is 0.309. The fourth-order valence-corrected chi connectivity index (χ4v) is 5.02. The van der Waals surface area contributed by atoms with E-state index in [2.05, 4.69) is 0 Å². The minimum atomic E-state index is -0.165. The lowest BCUT2D eigenvalue weighted by Gasteiger charge is -2.21. The Labute approximate surface area is 184 Å². The summed E-state index contributed by atoms with van der Waals surface area (Å²) in [6.07, 6.45) is 3.78. The number of hydrazine groups is 1. The van der Waals surface area contributed by atoms with Crippen molar-refractivity contribution in [2.75, 3.05) is 27.0 Å². The molecule has 29 heavy (non-hydrogen) atoms. The number of thiocarbonyl (C=S) groups is 1. The Morgan fingerprint density at radius 1 is 1.28 bits per heavy atom. The van der Waals surface area contributed by atoms with Crippen molar-refractivity contribution in [3.8, 4) is 22.6 Å². The first kappa shape index (κ1) is 21.7. The van der Waals surface area contributed by atoms with E-state index in [9.17, 15) is 9.90 Å². The summed E-state index contributed by atoms with van der Waals surface area (Å²) in [5, 5.41) is 14.0. The van der Waals surface area contributed by atoms with Crippen molar-refractivity contribution in [3.05, 3.63) is 46.9 Å². The number of rotatable bonds is 6. The third-order valence-corrected chi connectivity index (χ3v) is 6.34. The fourth-order valence-electron chi connectivity index (χ4n) is 3.01. The van der Waals surface area contributed by atoms with Crippen LogP contribution in [0.15, 0.2) is 46.2 Å². The molecular formula is C21H22N2O3S3. The second-order valence-corrected chi connectivity index (χ2v) is 8.91. The van der Waals surface area contributed by atoms with Crippen molar-refractivity contribution in [1.29, 1.82) is 0 Å². The molecule has 3 rings (SSSR count). The number of carbonyl (C=O) groups excluding carboxylic acids is 1. The highest BCUT2D eigenvalue weighted by Crippen LogP contribution is 2.43. The number of amides is 1. The molecule has 2 aromatic carbocycles. The molecule has 0 radical (unpaired) electrons. The summed E-state index contributed by atoms with van der Waals surface area (Å²) >= 11 is 8.19. The quantitative estimate of drug-likeness (QED) is 0.386. The fraction of sp³-hybridized carbons (Fsp3) is 0.238. The van der Waals surface area contributed by atoms with E-state index in [4.69, 9.17) is 17.0 Å². The molecule has 1 aliphatic heterocycles. The molecule has 1 aliphatic rings. The lowest BCUT2D eigenvalue weighted by molar-refractivity contribution is -0.130. The number of nitrogens with zero attached hydrogens (tertiary/aromatic N) is 2. The monoisotopic (exact) mass is 446 g/mol. The topological polar surface area (TPSA) is 53.0 Å². The zero-order valence-electron chi connectivity index (χ0n) is 16.6. The molecule has 0 unspecified atom stereocenters. The Morgan fingerprint density at radius 2 is 2.00 bits per heavy atom. The molecule has 1 saturated heterocycles. The molecule has 1 fully saturated rings. The van der Waals surface area contributed by atoms with Gasteiger partial charge in [-0.3, -0.25) is 4.79 Å². The largest absolute Gasteiger partial charge is 0.504 e. The van der Waals surface area contributed by atoms with E-state index < -0.39 is 0 Å². The predicted molar refractivity (Wildman–Crippen MR) is 125 cm³/mol. The van der Waals surface area contributed by atoms with Gasteiger partial charge in [0.25, 0.3) is 5.91 Å². The number of phenolic OH excluding ortho intramolecular Hbond substituents is 1. The number of phenols is 1. The van der Waals surface area contributed by atoms with E-state index in [1.165, 1.54) is 16.8 Å². The van der Waals surface area contributed by atoms with E-state index in [1.807, 2.05) is 43.5 Å². The molecule has 152 valence electrons. The van der Waals surface area contributed by atoms with Gasteiger partial charge in [-0.1, -0.05) is 42.2 Å². The van der Waals surface area contributed by atoms with Crippen molar-refractivity contribution >= 4 is 52.0 Å². The van der Waals surface area contributed by atoms with Crippen molar-refractivity contribution in [2.24, 2.45) is 0 Å². The molecule has 1 amide bonds. The van der Waals surface area contributed by atoms with Crippen molar-refractivity contribution in [2.45, 2.75) is 11.8 Å². The second-order valence-electron chi connectivity index (χ2n) is 6.39. The molecule has 1 N–H and O–H groups in total. The summed E-state index contributed by atoms with van der Waals surface area (Å²) < 4.78 is 6.15. The second kappa shape index (κ2) is 9.21. The van der Waals surface area contributed by atoms with Crippen LogP contribution in [0, 0.1) is 0 Å². The van der Waals surface area contributed by atoms with E-state index in [0.717, 1.165) is 16.0 Å². The highest BCUT2D eigenvalue weighted by Gasteiger charge is 2.33. The van der Waals surface area contributed by atoms with Crippen LogP contribution in [-0.2, 0) is 4.79 Å². The molecule has 5 nitrogen and oxygen atoms in total. The molecule has 8 heteroatoms. The maximum atomic E-state index is 12.7. The molecule has 0 saturated carbocycles. The number of carbonyl (C=O) groups is 1. The van der Waals surface area contributed by atoms with Gasteiger partial charge in [0.1, 0.15) is 0 Å². The lowest BCUT2D eigenvalue weighted by Crippen LogP contribution is -2.39. The van der Waals surface area contributed by atoms with Gasteiger partial charge in [-0.15, -0.1) is 11.8 Å². The summed E-state index contributed by atoms with van der Waals surface area (Å²) in [6, 6.07) is 11.5. The van der Waals surface area contributed by atoms with Gasteiger partial charge < -0.3 is 9.84 Å². The van der Waals surface area contributed by atoms with Crippen LogP contribution >= 0.6 is 35.7 Å². The molecular weight excluding hydrogens is 424 g/mol. The molecule has 0 spiro atoms. The van der Waals surface area contributed by atoms with Crippen LogP contribution in [0.25, 0.3) is 17.2 Å². The zero-order chi connectivity index (χ0) is 21.1. The smallest absolute Gasteiger partial charge is 0.280 e. The Balaban J connectivity index is 2.12. The molecule has 0 bridgehead atoms. The van der Waals surface area contributed by atoms with Gasteiger partial charge in [0.2, 0.25) is 0 Å². The molecule has 0 aromatic heterocycles. The normalized spacial score (nSPS) is 15.6. The maximum Gasteiger partial charge on any atom is 0.280 e. The van der Waals surface area contributed by atoms with Crippen LogP contribution < -0.4 is 4.74 Å². The highest BCUT2D eigenvalue weighted by atomic mass is 32.2. The van der Waals surface area contributed by atoms with Gasteiger partial charge >= 0.3 is 0 Å². The van der Waals surface area contributed by atoms with Gasteiger partial charge in [0.05, 0.1) is 11.5 Å². The van der Waals surface area contributed by atoms with Crippen LogP contribution in [0.4, 0.5) is 0 Å². The highest BCUT2D eigenvalue weighted by molar-refractivity contribution is 8.26. The minimum Gasteiger partial charge on any atom is -0.504 e. The van der Waals surface area contributed by atoms with Gasteiger partial charge in [-0.25, -0.2) is 10.0 Å². The lowest BCUT2D eigenvalue weighted by atomic mass is 10.0. The van der Waals surface area contributed by atoms with E-state index in [0.29, 0.717) is 27.1 Å². The maximum absolute atomic E-state index is 12.7. The van der Waals surface area contributed by atoms with Crippen LogP contribution in [0.2, 0.25) is 0 Å². The average Bonchev–Trinajstić information content (AvgIpc) is 2.97. The van der Waals surface area contributed by atoms with Crippen LogP contribution in [-0.4, -0.2) is 52.3 Å². The molecule has 1 heterocycles. The number of aromatic hydroxyl groups is 1. The molecule has 2 aromatic rings. The Hall–Kier alpha value is -2.00. The van der Waals surface area contributed by atoms with E-state index in [1.54, 1.807) is 43.0 Å². The number of benzene rings is 2. The van der Waals surface area contributed by atoms with Crippen LogP contribution in [0.3, 0.4) is 0 Å². The number of hydrogen-bond acceptors (Lipinski definition) is 7. The SMILES string of the molecule is CCOc1cc(C=C2SC(=S)N(N(C)C)C2=O)cc(-c2ccccc2SC)c1O. The summed E-state index contributed by atoms with van der Waals surface area (Å²) in [4.78, 5) is 14.3. The zero-order valence-corrected chi connectivity index (χ0v) is 19.1. The Kier molecular flexibility index (Phi) is 6.89. The Morgan fingerprint density at radius 3 is 2.62 bits per heavy atom. The van der Waals surface area contributed by atoms with Gasteiger partial charge in [-0.05, 0) is 48.6 Å². The molecule has 0 atom stereocenters. The van der Waals surface area contributed by atoms with Crippen LogP contribution in [0.5, 0.6) is 11.5 Å². The van der Waals surface area contributed by atoms with Gasteiger partial charge in [-0.2, -0.15) is 0 Å². The number of ether oxygens (including phenoxy) is 1. The third-order valence-electron chi connectivity index (χ3n) is 4.27. The first-order valence-corrected chi connectivity index (χ1v) is 11.4. The van der Waals surface area contributed by atoms with Crippen molar-refractivity contribution in [3.63, 3.8) is 0 Å². The van der Waals surface area contributed by atoms with E-state index in [-0.39, 0.29) is 11.7 Å². The standard InChI is InChI=1S/C21H22N2O3S3/c1-5-26-16-11-13(12-18-20(25)23(22(2)3)21(27)29-18)10-15(19(16)24)14-8-6-7-9-17(14)28-4/h6-12,24H,5H2,1-4H3. The Bertz CT molecular complexity index is 989. The number of thioether (sulfide) groups is 2. The van der Waals surface area contributed by atoms with Gasteiger partial charge in [0.15, 0.2) is 15.8 Å². The minimum absolute atomic E-state index is 0.0892. The molecule has 0 aliphatic carbocycles. The number of hydrogen-bond donors (Lipinski definition) is 1.